The number of esters is 1. The van der Waals surface area contributed by atoms with Crippen molar-refractivity contribution in [1.29, 1.82) is 0 Å². The van der Waals surface area contributed by atoms with Crippen molar-refractivity contribution in [3.05, 3.63) is 0 Å². The van der Waals surface area contributed by atoms with E-state index in [4.69, 9.17) is 4.74 Å². The summed E-state index contributed by atoms with van der Waals surface area (Å²) in [6.07, 6.45) is 3.90. The van der Waals surface area contributed by atoms with E-state index in [9.17, 15) is 17.1 Å². The molecular weight excluding hydrogens is 259 g/mol. The van der Waals surface area contributed by atoms with Crippen LogP contribution in [0.2, 0.25) is 0 Å². The Bertz CT molecular complexity index is 433. The quantitative estimate of drug-likeness (QED) is 0.574. The van der Waals surface area contributed by atoms with E-state index in [2.05, 4.69) is 6.92 Å². The van der Waals surface area contributed by atoms with E-state index in [1.807, 2.05) is 0 Å². The first-order valence-electron chi connectivity index (χ1n) is 6.43. The molecule has 18 heavy (non-hydrogen) atoms. The molecule has 4 nitrogen and oxygen atoms in total. The van der Waals surface area contributed by atoms with E-state index in [1.54, 1.807) is 0 Å². The molecule has 104 valence electrons. The predicted octanol–water partition coefficient (Wildman–Crippen LogP) is 2.19. The highest BCUT2D eigenvalue weighted by molar-refractivity contribution is 7.86. The van der Waals surface area contributed by atoms with Crippen LogP contribution in [0.1, 0.15) is 45.4 Å². The van der Waals surface area contributed by atoms with Crippen LogP contribution in [0.5, 0.6) is 0 Å². The normalized spacial score (nSPS) is 37.6. The second-order valence-electron chi connectivity index (χ2n) is 5.76. The van der Waals surface area contributed by atoms with Crippen LogP contribution in [0, 0.1) is 11.3 Å². The van der Waals surface area contributed by atoms with Gasteiger partial charge in [-0.25, -0.2) is 0 Å². The highest BCUT2D eigenvalue weighted by Gasteiger charge is 2.50. The maximum atomic E-state index is 12.9. The summed E-state index contributed by atoms with van der Waals surface area (Å²) in [7, 11) is -4.61. The Kier molecular flexibility index (Phi) is 3.67. The van der Waals surface area contributed by atoms with Crippen molar-refractivity contribution in [2.45, 2.75) is 51.6 Å². The highest BCUT2D eigenvalue weighted by Crippen LogP contribution is 2.48. The minimum absolute atomic E-state index is 0.236. The van der Waals surface area contributed by atoms with Gasteiger partial charge in [0.25, 0.3) is 0 Å². The van der Waals surface area contributed by atoms with E-state index >= 15 is 0 Å². The lowest BCUT2D eigenvalue weighted by Crippen LogP contribution is -2.35. The number of ether oxygens (including phenoxy) is 1. The van der Waals surface area contributed by atoms with Gasteiger partial charge in [-0.1, -0.05) is 26.2 Å². The standard InChI is InChI=1S/C12H19FO4S/c1-9-3-2-5-12(6-4-9)7-11(14)17-10(12)8-18(13,15)16/h9-10H,2-8H2,1H3. The van der Waals surface area contributed by atoms with Gasteiger partial charge < -0.3 is 4.74 Å². The molecule has 1 spiro atoms. The molecule has 2 fully saturated rings. The van der Waals surface area contributed by atoms with Gasteiger partial charge in [-0.05, 0) is 18.8 Å². The average Bonchev–Trinajstić information content (AvgIpc) is 2.40. The van der Waals surface area contributed by atoms with Crippen LogP contribution in [-0.4, -0.2) is 26.2 Å². The number of carbonyl (C=O) groups excluding carboxylic acids is 1. The molecule has 2 aliphatic rings. The Morgan fingerprint density at radius 1 is 1.39 bits per heavy atom. The van der Waals surface area contributed by atoms with Gasteiger partial charge in [0.2, 0.25) is 0 Å². The van der Waals surface area contributed by atoms with Crippen LogP contribution < -0.4 is 0 Å². The fourth-order valence-corrected chi connectivity index (χ4v) is 4.01. The predicted molar refractivity (Wildman–Crippen MR) is 64.1 cm³/mol. The van der Waals surface area contributed by atoms with E-state index < -0.39 is 33.5 Å². The van der Waals surface area contributed by atoms with Crippen molar-refractivity contribution in [2.75, 3.05) is 5.75 Å². The van der Waals surface area contributed by atoms with Gasteiger partial charge >= 0.3 is 16.2 Å². The molecule has 0 radical (unpaired) electrons. The Hall–Kier alpha value is -0.650. The van der Waals surface area contributed by atoms with Gasteiger partial charge in [0.15, 0.2) is 0 Å². The van der Waals surface area contributed by atoms with Gasteiger partial charge in [0.1, 0.15) is 11.9 Å². The topological polar surface area (TPSA) is 60.4 Å². The number of rotatable bonds is 2. The summed E-state index contributed by atoms with van der Waals surface area (Å²) in [6.45, 7) is 2.15. The Morgan fingerprint density at radius 2 is 2.11 bits per heavy atom. The number of cyclic esters (lactones) is 1. The molecular formula is C12H19FO4S. The van der Waals surface area contributed by atoms with Gasteiger partial charge in [-0.15, -0.1) is 3.89 Å². The Labute approximate surface area is 107 Å². The van der Waals surface area contributed by atoms with Crippen molar-refractivity contribution in [3.63, 3.8) is 0 Å². The minimum atomic E-state index is -4.61. The van der Waals surface area contributed by atoms with Crippen LogP contribution in [0.3, 0.4) is 0 Å². The highest BCUT2D eigenvalue weighted by atomic mass is 32.3. The number of halogens is 1. The van der Waals surface area contributed by atoms with Crippen LogP contribution in [-0.2, 0) is 19.8 Å². The average molecular weight is 278 g/mol. The second-order valence-corrected chi connectivity index (χ2v) is 7.17. The molecule has 3 atom stereocenters. The van der Waals surface area contributed by atoms with E-state index in [1.165, 1.54) is 0 Å². The lowest BCUT2D eigenvalue weighted by atomic mass is 9.75. The fraction of sp³-hybridized carbons (Fsp3) is 0.917. The zero-order valence-corrected chi connectivity index (χ0v) is 11.3. The first kappa shape index (κ1) is 13.8. The van der Waals surface area contributed by atoms with Crippen molar-refractivity contribution in [3.8, 4) is 0 Å². The molecule has 3 unspecified atom stereocenters. The molecule has 0 bridgehead atoms. The summed E-state index contributed by atoms with van der Waals surface area (Å²) in [4.78, 5) is 11.5. The molecule has 1 aliphatic carbocycles. The van der Waals surface area contributed by atoms with Gasteiger partial charge in [-0.2, -0.15) is 8.42 Å². The van der Waals surface area contributed by atoms with Crippen molar-refractivity contribution >= 4 is 16.2 Å². The van der Waals surface area contributed by atoms with E-state index in [0.717, 1.165) is 32.1 Å². The van der Waals surface area contributed by atoms with E-state index in [-0.39, 0.29) is 6.42 Å². The van der Waals surface area contributed by atoms with Crippen molar-refractivity contribution in [2.24, 2.45) is 11.3 Å². The first-order chi connectivity index (χ1) is 8.31. The van der Waals surface area contributed by atoms with Crippen LogP contribution >= 0.6 is 0 Å². The summed E-state index contributed by atoms with van der Waals surface area (Å²) in [5.74, 6) is -0.506. The number of hydrogen-bond acceptors (Lipinski definition) is 4. The lowest BCUT2D eigenvalue weighted by Gasteiger charge is -2.30. The molecule has 1 saturated carbocycles. The van der Waals surface area contributed by atoms with E-state index in [0.29, 0.717) is 5.92 Å². The molecule has 0 aromatic rings. The minimum Gasteiger partial charge on any atom is -0.461 e. The fourth-order valence-electron chi connectivity index (χ4n) is 3.22. The summed E-state index contributed by atoms with van der Waals surface area (Å²) < 4.78 is 39.6. The maximum Gasteiger partial charge on any atom is 0.306 e. The van der Waals surface area contributed by atoms with Gasteiger partial charge in [0.05, 0.1) is 6.42 Å². The first-order valence-corrected chi connectivity index (χ1v) is 7.98. The zero-order chi connectivity index (χ0) is 13.4. The van der Waals surface area contributed by atoms with Crippen molar-refractivity contribution in [1.82, 2.24) is 0 Å². The van der Waals surface area contributed by atoms with Gasteiger partial charge in [0, 0.05) is 5.41 Å². The molecule has 0 aromatic heterocycles. The molecule has 0 N–H and O–H groups in total. The molecule has 0 amide bonds. The third-order valence-corrected chi connectivity index (χ3v) is 5.01. The third-order valence-electron chi connectivity index (χ3n) is 4.31. The molecule has 1 heterocycles. The largest absolute Gasteiger partial charge is 0.461 e. The van der Waals surface area contributed by atoms with Crippen LogP contribution in [0.4, 0.5) is 3.89 Å². The SMILES string of the molecule is CC1CCCC2(CC1)CC(=O)OC2CS(=O)(=O)F. The maximum absolute atomic E-state index is 12.9. The van der Waals surface area contributed by atoms with Crippen LogP contribution in [0.15, 0.2) is 0 Å². The molecule has 1 aliphatic heterocycles. The summed E-state index contributed by atoms with van der Waals surface area (Å²) >= 11 is 0. The van der Waals surface area contributed by atoms with Crippen LogP contribution in [0.25, 0.3) is 0 Å². The van der Waals surface area contributed by atoms with Crippen molar-refractivity contribution < 1.29 is 21.8 Å². The zero-order valence-electron chi connectivity index (χ0n) is 10.5. The number of hydrogen-bond donors (Lipinski definition) is 0. The molecule has 0 aromatic carbocycles. The number of carbonyl (C=O) groups is 1. The Morgan fingerprint density at radius 3 is 2.78 bits per heavy atom. The monoisotopic (exact) mass is 278 g/mol. The smallest absolute Gasteiger partial charge is 0.306 e. The second kappa shape index (κ2) is 4.79. The lowest BCUT2D eigenvalue weighted by molar-refractivity contribution is -0.141. The summed E-state index contributed by atoms with van der Waals surface area (Å²) in [6, 6.07) is 0. The molecule has 6 heteroatoms. The third kappa shape index (κ3) is 3.02. The summed E-state index contributed by atoms with van der Waals surface area (Å²) in [5.41, 5.74) is -0.457. The molecule has 2 rings (SSSR count). The summed E-state index contributed by atoms with van der Waals surface area (Å²) in [5, 5.41) is 0. The van der Waals surface area contributed by atoms with Gasteiger partial charge in [-0.3, -0.25) is 4.79 Å². The Balaban J connectivity index is 2.19. The molecule has 1 saturated heterocycles.